The molecule has 10 nitrogen and oxygen atoms in total. The van der Waals surface area contributed by atoms with E-state index in [1.165, 1.54) is 12.5 Å². The van der Waals surface area contributed by atoms with Crippen LogP contribution in [0.4, 0.5) is 0 Å². The first-order valence-electron chi connectivity index (χ1n) is 10.6. The van der Waals surface area contributed by atoms with Crippen LogP contribution >= 0.6 is 0 Å². The van der Waals surface area contributed by atoms with E-state index in [0.717, 1.165) is 6.92 Å². The van der Waals surface area contributed by atoms with Gasteiger partial charge in [-0.15, -0.1) is 0 Å². The highest BCUT2D eigenvalue weighted by molar-refractivity contribution is 5.90. The van der Waals surface area contributed by atoms with Gasteiger partial charge in [-0.1, -0.05) is 6.92 Å². The highest BCUT2D eigenvalue weighted by Crippen LogP contribution is 2.70. The molecule has 10 heteroatoms. The minimum absolute atomic E-state index is 0.0828. The highest BCUT2D eigenvalue weighted by atomic mass is 16.6. The molecule has 5 fully saturated rings. The van der Waals surface area contributed by atoms with Crippen LogP contribution in [0, 0.1) is 22.7 Å². The molecule has 2 N–H and O–H groups in total. The van der Waals surface area contributed by atoms with Crippen LogP contribution in [0.2, 0.25) is 0 Å². The van der Waals surface area contributed by atoms with E-state index in [-0.39, 0.29) is 19.3 Å². The molecular weight excluding hydrogens is 424 g/mol. The Morgan fingerprint density at radius 3 is 2.53 bits per heavy atom. The molecule has 32 heavy (non-hydrogen) atoms. The van der Waals surface area contributed by atoms with Crippen LogP contribution in [-0.2, 0) is 33.4 Å². The van der Waals surface area contributed by atoms with Crippen LogP contribution in [0.25, 0.3) is 0 Å². The molecule has 3 saturated heterocycles. The van der Waals surface area contributed by atoms with Crippen molar-refractivity contribution in [2.45, 2.75) is 63.4 Å². The summed E-state index contributed by atoms with van der Waals surface area (Å²) in [6.45, 7) is 2.82. The SMILES string of the molecule is CC(=O)O[C@H]1C[C@@]2(O)C(=O)O[C@H](c3ccoc3)C[C@@]2(C)[C@@H]2C[C@@H]3C[C@@H](C(=O)O)[C@]12C(=O)O3. The van der Waals surface area contributed by atoms with Crippen LogP contribution in [0.1, 0.15) is 51.2 Å². The molecule has 2 saturated carbocycles. The Hall–Kier alpha value is -2.88. The lowest BCUT2D eigenvalue weighted by Crippen LogP contribution is -2.78. The molecule has 1 aromatic rings. The van der Waals surface area contributed by atoms with Gasteiger partial charge in [0.1, 0.15) is 23.7 Å². The van der Waals surface area contributed by atoms with E-state index in [1.807, 2.05) is 0 Å². The number of hydrogen-bond acceptors (Lipinski definition) is 9. The summed E-state index contributed by atoms with van der Waals surface area (Å²) < 4.78 is 21.6. The number of rotatable bonds is 3. The standard InChI is InChI=1S/C22H24O10/c1-10(23)30-16-8-21(28)18(26)32-14(11-3-4-29-9-11)7-20(21,2)15-6-12-5-13(17(24)25)22(15,16)19(27)31-12/h3-4,9,12-16,28H,5-8H2,1-2H3,(H,24,25)/t12-,13-,14-,15-,16-,20-,21+,22+/m0/s1. The van der Waals surface area contributed by atoms with Crippen LogP contribution < -0.4 is 0 Å². The molecule has 0 aromatic carbocycles. The van der Waals surface area contributed by atoms with E-state index in [9.17, 15) is 29.4 Å². The number of carbonyl (C=O) groups is 4. The average molecular weight is 448 g/mol. The zero-order chi connectivity index (χ0) is 23.1. The molecule has 172 valence electrons. The van der Waals surface area contributed by atoms with E-state index in [2.05, 4.69) is 0 Å². The van der Waals surface area contributed by atoms with Gasteiger partial charge in [-0.05, 0) is 31.2 Å². The molecule has 8 atom stereocenters. The molecule has 4 heterocycles. The summed E-state index contributed by atoms with van der Waals surface area (Å²) in [5.74, 6) is -5.57. The summed E-state index contributed by atoms with van der Waals surface area (Å²) in [6, 6.07) is 1.65. The van der Waals surface area contributed by atoms with Crippen molar-refractivity contribution in [1.82, 2.24) is 0 Å². The monoisotopic (exact) mass is 448 g/mol. The third-order valence-electron chi connectivity index (χ3n) is 8.22. The first-order valence-corrected chi connectivity index (χ1v) is 10.6. The maximum atomic E-state index is 13.3. The number of ether oxygens (including phenoxy) is 3. The largest absolute Gasteiger partial charge is 0.481 e. The van der Waals surface area contributed by atoms with Gasteiger partial charge in [0.15, 0.2) is 5.60 Å². The van der Waals surface area contributed by atoms with Gasteiger partial charge in [0.05, 0.1) is 18.4 Å². The number of hydrogen-bond donors (Lipinski definition) is 2. The fraction of sp³-hybridized carbons (Fsp3) is 0.636. The first kappa shape index (κ1) is 21.0. The third kappa shape index (κ3) is 2.44. The second-order valence-corrected chi connectivity index (χ2v) is 9.61. The summed E-state index contributed by atoms with van der Waals surface area (Å²) >= 11 is 0. The number of carboxylic acids is 1. The Balaban J connectivity index is 1.69. The lowest BCUT2D eigenvalue weighted by molar-refractivity contribution is -0.304. The van der Waals surface area contributed by atoms with Gasteiger partial charge in [-0.3, -0.25) is 14.4 Å². The molecule has 2 aliphatic carbocycles. The van der Waals surface area contributed by atoms with Gasteiger partial charge in [0, 0.05) is 24.3 Å². The predicted molar refractivity (Wildman–Crippen MR) is 102 cm³/mol. The van der Waals surface area contributed by atoms with Gasteiger partial charge in [-0.25, -0.2) is 4.79 Å². The number of carbonyl (C=O) groups excluding carboxylic acids is 3. The van der Waals surface area contributed by atoms with E-state index in [4.69, 9.17) is 18.6 Å². The van der Waals surface area contributed by atoms with Gasteiger partial charge >= 0.3 is 23.9 Å². The van der Waals surface area contributed by atoms with Crippen LogP contribution in [-0.4, -0.2) is 51.9 Å². The first-order chi connectivity index (χ1) is 15.0. The molecule has 0 radical (unpaired) electrons. The van der Waals surface area contributed by atoms with Gasteiger partial charge in [0.2, 0.25) is 0 Å². The van der Waals surface area contributed by atoms with Crippen molar-refractivity contribution >= 4 is 23.9 Å². The molecule has 6 rings (SSSR count). The number of furan rings is 1. The van der Waals surface area contributed by atoms with Crippen LogP contribution in [0.3, 0.4) is 0 Å². The number of fused-ring (bicyclic) bond motifs is 3. The Morgan fingerprint density at radius 1 is 1.16 bits per heavy atom. The quantitative estimate of drug-likeness (QED) is 0.512. The van der Waals surface area contributed by atoms with Crippen molar-refractivity contribution in [3.05, 3.63) is 24.2 Å². The minimum atomic E-state index is -2.08. The average Bonchev–Trinajstić information content (AvgIpc) is 3.25. The number of cyclic esters (lactones) is 1. The zero-order valence-corrected chi connectivity index (χ0v) is 17.6. The van der Waals surface area contributed by atoms with Gasteiger partial charge in [0.25, 0.3) is 0 Å². The van der Waals surface area contributed by atoms with Gasteiger partial charge in [-0.2, -0.15) is 0 Å². The Labute approximate surface area is 182 Å². The Kier molecular flexibility index (Phi) is 4.31. The number of aliphatic carboxylic acids is 1. The summed E-state index contributed by atoms with van der Waals surface area (Å²) in [6.07, 6.45) is 0.124. The fourth-order valence-electron chi connectivity index (χ4n) is 6.78. The van der Waals surface area contributed by atoms with Gasteiger partial charge < -0.3 is 28.8 Å². The van der Waals surface area contributed by atoms with E-state index in [1.54, 1.807) is 13.0 Å². The number of esters is 3. The fourth-order valence-corrected chi connectivity index (χ4v) is 6.78. The van der Waals surface area contributed by atoms with Crippen LogP contribution in [0.15, 0.2) is 23.0 Å². The second-order valence-electron chi connectivity index (χ2n) is 9.61. The summed E-state index contributed by atoms with van der Waals surface area (Å²) in [5, 5.41) is 21.8. The summed E-state index contributed by atoms with van der Waals surface area (Å²) in [4.78, 5) is 50.8. The van der Waals surface area contributed by atoms with Crippen molar-refractivity contribution < 1.29 is 48.0 Å². The van der Waals surface area contributed by atoms with E-state index >= 15 is 0 Å². The van der Waals surface area contributed by atoms with Crippen molar-refractivity contribution in [2.24, 2.45) is 22.7 Å². The van der Waals surface area contributed by atoms with E-state index < -0.39 is 76.9 Å². The summed E-state index contributed by atoms with van der Waals surface area (Å²) in [7, 11) is 0. The Bertz CT molecular complexity index is 1000. The Morgan fingerprint density at radius 2 is 1.91 bits per heavy atom. The topological polar surface area (TPSA) is 150 Å². The maximum Gasteiger partial charge on any atom is 0.339 e. The molecule has 0 unspecified atom stereocenters. The van der Waals surface area contributed by atoms with Crippen molar-refractivity contribution in [2.75, 3.05) is 0 Å². The number of carboxylic acid groups (broad SMARTS) is 1. The molecule has 1 spiro atoms. The second kappa shape index (κ2) is 6.57. The molecule has 3 aliphatic heterocycles. The molecule has 1 aromatic heterocycles. The smallest absolute Gasteiger partial charge is 0.339 e. The zero-order valence-electron chi connectivity index (χ0n) is 17.6. The maximum absolute atomic E-state index is 13.3. The number of aliphatic hydroxyl groups is 1. The van der Waals surface area contributed by atoms with Crippen molar-refractivity contribution in [1.29, 1.82) is 0 Å². The van der Waals surface area contributed by atoms with Crippen molar-refractivity contribution in [3.63, 3.8) is 0 Å². The molecule has 5 aliphatic rings. The summed E-state index contributed by atoms with van der Waals surface area (Å²) in [5.41, 5.74) is -4.45. The molecule has 0 amide bonds. The lowest BCUT2D eigenvalue weighted by Gasteiger charge is -2.67. The third-order valence-corrected chi connectivity index (χ3v) is 8.22. The molecule has 2 bridgehead atoms. The van der Waals surface area contributed by atoms with Crippen molar-refractivity contribution in [3.8, 4) is 0 Å². The van der Waals surface area contributed by atoms with Crippen LogP contribution in [0.5, 0.6) is 0 Å². The normalized spacial score (nSPS) is 44.7. The predicted octanol–water partition coefficient (Wildman–Crippen LogP) is 1.36. The van der Waals surface area contributed by atoms with E-state index in [0.29, 0.717) is 5.56 Å². The minimum Gasteiger partial charge on any atom is -0.481 e. The lowest BCUT2D eigenvalue weighted by atomic mass is 9.39. The highest BCUT2D eigenvalue weighted by Gasteiger charge is 2.80. The molecular formula is C22H24O10.